The van der Waals surface area contributed by atoms with E-state index >= 15 is 0 Å². The topological polar surface area (TPSA) is 79.9 Å². The van der Waals surface area contributed by atoms with Gasteiger partial charge in [-0.2, -0.15) is 5.26 Å². The van der Waals surface area contributed by atoms with Gasteiger partial charge < -0.3 is 9.30 Å². The van der Waals surface area contributed by atoms with E-state index in [0.29, 0.717) is 18.3 Å². The number of hydrogen-bond donors (Lipinski definition) is 1. The second kappa shape index (κ2) is 8.83. The van der Waals surface area contributed by atoms with Crippen LogP contribution >= 0.6 is 11.3 Å². The molecule has 27 heavy (non-hydrogen) atoms. The van der Waals surface area contributed by atoms with Crippen LogP contribution in [0.15, 0.2) is 59.7 Å². The fourth-order valence-corrected chi connectivity index (χ4v) is 3.00. The van der Waals surface area contributed by atoms with Gasteiger partial charge >= 0.3 is 0 Å². The largest absolute Gasteiger partial charge is 0.492 e. The second-order valence-electron chi connectivity index (χ2n) is 5.75. The fraction of sp³-hybridized carbons (Fsp3) is 0.150. The quantitative estimate of drug-likeness (QED) is 0.500. The van der Waals surface area contributed by atoms with E-state index in [1.165, 1.54) is 11.3 Å². The lowest BCUT2D eigenvalue weighted by Crippen LogP contribution is -2.14. The number of hydrogen-bond acceptors (Lipinski definition) is 5. The normalized spacial score (nSPS) is 11.0. The maximum absolute atomic E-state index is 12.2. The number of thiazole rings is 1. The molecule has 1 amide bonds. The van der Waals surface area contributed by atoms with Gasteiger partial charge in [-0.1, -0.05) is 12.1 Å². The Morgan fingerprint density at radius 3 is 3.04 bits per heavy atom. The zero-order chi connectivity index (χ0) is 19.1. The lowest BCUT2D eigenvalue weighted by Gasteiger charge is -2.10. The molecule has 3 aromatic rings. The smallest absolute Gasteiger partial charge is 0.268 e. The van der Waals surface area contributed by atoms with Crippen LogP contribution in [0.25, 0.3) is 6.08 Å². The number of nitrogens with one attached hydrogen (secondary N) is 1. The Balaban J connectivity index is 1.65. The van der Waals surface area contributed by atoms with Crippen molar-refractivity contribution in [3.63, 3.8) is 0 Å². The van der Waals surface area contributed by atoms with Crippen LogP contribution in [0.3, 0.4) is 0 Å². The van der Waals surface area contributed by atoms with Gasteiger partial charge in [0, 0.05) is 23.5 Å². The van der Waals surface area contributed by atoms with E-state index in [1.807, 2.05) is 60.2 Å². The summed E-state index contributed by atoms with van der Waals surface area (Å²) in [6, 6.07) is 13.5. The molecule has 0 radical (unpaired) electrons. The van der Waals surface area contributed by atoms with Crippen LogP contribution in [-0.4, -0.2) is 22.1 Å². The molecule has 0 bridgehead atoms. The molecule has 7 heteroatoms. The van der Waals surface area contributed by atoms with Crippen LogP contribution in [-0.2, 0) is 11.3 Å². The Morgan fingerprint density at radius 1 is 1.41 bits per heavy atom. The van der Waals surface area contributed by atoms with Crippen molar-refractivity contribution >= 4 is 28.5 Å². The third-order valence-corrected chi connectivity index (χ3v) is 4.45. The SMILES string of the molecule is Cc1cccc(OCCn2cccc2/C=C(/C#N)C(=O)Nc2nccs2)c1. The van der Waals surface area contributed by atoms with Gasteiger partial charge in [-0.25, -0.2) is 4.98 Å². The molecule has 0 saturated carbocycles. The number of aryl methyl sites for hydroxylation is 1. The number of benzene rings is 1. The fourth-order valence-electron chi connectivity index (χ4n) is 2.48. The van der Waals surface area contributed by atoms with Crippen molar-refractivity contribution in [1.29, 1.82) is 5.26 Å². The number of ether oxygens (including phenoxy) is 1. The first-order valence-corrected chi connectivity index (χ1v) is 9.21. The van der Waals surface area contributed by atoms with Gasteiger partial charge in [0.15, 0.2) is 5.13 Å². The first kappa shape index (κ1) is 18.4. The summed E-state index contributed by atoms with van der Waals surface area (Å²) in [4.78, 5) is 16.2. The molecule has 0 spiro atoms. The van der Waals surface area contributed by atoms with Gasteiger partial charge in [0.2, 0.25) is 0 Å². The molecule has 0 aliphatic rings. The van der Waals surface area contributed by atoms with E-state index in [2.05, 4.69) is 10.3 Å². The first-order valence-electron chi connectivity index (χ1n) is 8.33. The summed E-state index contributed by atoms with van der Waals surface area (Å²) >= 11 is 1.30. The number of carbonyl (C=O) groups excluding carboxylic acids is 1. The van der Waals surface area contributed by atoms with Gasteiger partial charge in [-0.05, 0) is 42.8 Å². The predicted molar refractivity (Wildman–Crippen MR) is 105 cm³/mol. The molecule has 2 heterocycles. The summed E-state index contributed by atoms with van der Waals surface area (Å²) in [5, 5.41) is 14.2. The highest BCUT2D eigenvalue weighted by Crippen LogP contribution is 2.15. The van der Waals surface area contributed by atoms with Crippen molar-refractivity contribution in [2.24, 2.45) is 0 Å². The third-order valence-electron chi connectivity index (χ3n) is 3.77. The lowest BCUT2D eigenvalue weighted by atomic mass is 10.2. The van der Waals surface area contributed by atoms with Gasteiger partial charge in [-0.3, -0.25) is 10.1 Å². The average Bonchev–Trinajstić information content (AvgIpc) is 3.31. The predicted octanol–water partition coefficient (Wildman–Crippen LogP) is 3.88. The summed E-state index contributed by atoms with van der Waals surface area (Å²) in [7, 11) is 0. The van der Waals surface area contributed by atoms with Gasteiger partial charge in [-0.15, -0.1) is 11.3 Å². The van der Waals surface area contributed by atoms with Crippen LogP contribution < -0.4 is 10.1 Å². The number of nitrogens with zero attached hydrogens (tertiary/aromatic N) is 3. The summed E-state index contributed by atoms with van der Waals surface area (Å²) < 4.78 is 7.71. The number of aromatic nitrogens is 2. The number of anilines is 1. The van der Waals surface area contributed by atoms with Crippen LogP contribution in [0.2, 0.25) is 0 Å². The molecule has 6 nitrogen and oxygen atoms in total. The van der Waals surface area contributed by atoms with Crippen LogP contribution in [0.5, 0.6) is 5.75 Å². The number of amides is 1. The molecule has 1 N–H and O–H groups in total. The van der Waals surface area contributed by atoms with Gasteiger partial charge in [0.1, 0.15) is 24.0 Å². The molecule has 0 fully saturated rings. The highest BCUT2D eigenvalue weighted by Gasteiger charge is 2.12. The number of rotatable bonds is 7. The minimum Gasteiger partial charge on any atom is -0.492 e. The molecular formula is C20H18N4O2S. The maximum atomic E-state index is 12.2. The Kier molecular flexibility index (Phi) is 6.02. The molecular weight excluding hydrogens is 360 g/mol. The van der Waals surface area contributed by atoms with E-state index in [4.69, 9.17) is 4.74 Å². The number of nitriles is 1. The molecule has 0 aliphatic heterocycles. The average molecular weight is 378 g/mol. The molecule has 0 saturated heterocycles. The molecule has 3 rings (SSSR count). The maximum Gasteiger partial charge on any atom is 0.268 e. The van der Waals surface area contributed by atoms with E-state index in [0.717, 1.165) is 17.0 Å². The van der Waals surface area contributed by atoms with Crippen molar-refractivity contribution in [1.82, 2.24) is 9.55 Å². The molecule has 1 aromatic carbocycles. The Bertz CT molecular complexity index is 984. The molecule has 0 aliphatic carbocycles. The van der Waals surface area contributed by atoms with E-state index < -0.39 is 5.91 Å². The molecule has 0 unspecified atom stereocenters. The highest BCUT2D eigenvalue weighted by atomic mass is 32.1. The zero-order valence-corrected chi connectivity index (χ0v) is 15.6. The molecule has 136 valence electrons. The standard InChI is InChI=1S/C20H18N4O2S/c1-15-4-2-6-18(12-15)26-10-9-24-8-3-5-17(24)13-16(14-21)19(25)23-20-22-7-11-27-20/h2-8,11-13H,9-10H2,1H3,(H,22,23,25)/b16-13-. The first-order chi connectivity index (χ1) is 13.2. The second-order valence-corrected chi connectivity index (χ2v) is 6.65. The Labute approximate surface area is 161 Å². The van der Waals surface area contributed by atoms with Crippen molar-refractivity contribution < 1.29 is 9.53 Å². The summed E-state index contributed by atoms with van der Waals surface area (Å²) in [5.41, 5.74) is 1.92. The minimum absolute atomic E-state index is 0.0183. The molecule has 0 atom stereocenters. The summed E-state index contributed by atoms with van der Waals surface area (Å²) in [5.74, 6) is 0.344. The number of carbonyl (C=O) groups is 1. The van der Waals surface area contributed by atoms with E-state index in [1.54, 1.807) is 17.7 Å². The Hall–Kier alpha value is -3.37. The van der Waals surface area contributed by atoms with E-state index in [-0.39, 0.29) is 5.57 Å². The molecule has 2 aromatic heterocycles. The lowest BCUT2D eigenvalue weighted by molar-refractivity contribution is -0.112. The highest BCUT2D eigenvalue weighted by molar-refractivity contribution is 7.13. The monoisotopic (exact) mass is 378 g/mol. The zero-order valence-electron chi connectivity index (χ0n) is 14.8. The van der Waals surface area contributed by atoms with Crippen molar-refractivity contribution in [2.45, 2.75) is 13.5 Å². The van der Waals surface area contributed by atoms with Gasteiger partial charge in [0.25, 0.3) is 5.91 Å². The van der Waals surface area contributed by atoms with E-state index in [9.17, 15) is 10.1 Å². The summed E-state index contributed by atoms with van der Waals surface area (Å²) in [6.45, 7) is 3.09. The summed E-state index contributed by atoms with van der Waals surface area (Å²) in [6.07, 6.45) is 5.05. The van der Waals surface area contributed by atoms with Crippen LogP contribution in [0, 0.1) is 18.3 Å². The van der Waals surface area contributed by atoms with Crippen molar-refractivity contribution in [3.8, 4) is 11.8 Å². The Morgan fingerprint density at radius 2 is 2.30 bits per heavy atom. The minimum atomic E-state index is -0.476. The van der Waals surface area contributed by atoms with Crippen molar-refractivity contribution in [2.75, 3.05) is 11.9 Å². The van der Waals surface area contributed by atoms with Crippen LogP contribution in [0.1, 0.15) is 11.3 Å². The van der Waals surface area contributed by atoms with Gasteiger partial charge in [0.05, 0.1) is 6.54 Å². The van der Waals surface area contributed by atoms with Crippen molar-refractivity contribution in [3.05, 3.63) is 71.0 Å². The third kappa shape index (κ3) is 5.06. The van der Waals surface area contributed by atoms with Crippen LogP contribution in [0.4, 0.5) is 5.13 Å².